The molecule has 1 saturated heterocycles. The lowest BCUT2D eigenvalue weighted by molar-refractivity contribution is 0.0650. The molecule has 1 fully saturated rings. The number of benzene rings is 3. The molecule has 0 aliphatic carbocycles. The summed E-state index contributed by atoms with van der Waals surface area (Å²) in [5.74, 6) is -0.758. The van der Waals surface area contributed by atoms with Crippen LogP contribution in [0, 0.1) is 18.7 Å². The fourth-order valence-electron chi connectivity index (χ4n) is 4.28. The van der Waals surface area contributed by atoms with Gasteiger partial charge in [-0.3, -0.25) is 4.18 Å². The molecule has 0 aromatic heterocycles. The van der Waals surface area contributed by atoms with Crippen LogP contribution in [0.3, 0.4) is 0 Å². The quantitative estimate of drug-likeness (QED) is 0.415. The number of halogens is 1. The van der Waals surface area contributed by atoms with E-state index in [0.717, 1.165) is 16.7 Å². The van der Waals surface area contributed by atoms with Crippen molar-refractivity contribution in [1.82, 2.24) is 4.90 Å². The highest BCUT2D eigenvalue weighted by Crippen LogP contribution is 2.34. The molecule has 4 rings (SSSR count). The summed E-state index contributed by atoms with van der Waals surface area (Å²) < 4.78 is 50.0. The van der Waals surface area contributed by atoms with E-state index in [0.29, 0.717) is 13.0 Å². The predicted molar refractivity (Wildman–Crippen MR) is 130 cm³/mol. The Morgan fingerprint density at radius 1 is 1.00 bits per heavy atom. The smallest absolute Gasteiger partial charge is 0.410 e. The van der Waals surface area contributed by atoms with Crippen LogP contribution in [-0.2, 0) is 25.6 Å². The Morgan fingerprint density at radius 2 is 1.69 bits per heavy atom. The average molecular weight is 498 g/mol. The molecule has 0 saturated carbocycles. The Labute approximate surface area is 205 Å². The highest BCUT2D eigenvalue weighted by molar-refractivity contribution is 7.86. The number of likely N-dealkylation sites (tertiary alicyclic amines) is 1. The highest BCUT2D eigenvalue weighted by atomic mass is 32.2. The maximum atomic E-state index is 13.5. The van der Waals surface area contributed by atoms with Crippen LogP contribution in [0.15, 0.2) is 83.8 Å². The Bertz CT molecular complexity index is 1230. The molecule has 0 spiro atoms. The summed E-state index contributed by atoms with van der Waals surface area (Å²) in [6.45, 7) is 2.62. The Kier molecular flexibility index (Phi) is 7.83. The molecule has 1 heterocycles. The summed E-state index contributed by atoms with van der Waals surface area (Å²) in [6.07, 6.45) is 0.114. The van der Waals surface area contributed by atoms with Crippen LogP contribution in [-0.4, -0.2) is 39.1 Å². The number of aryl methyl sites for hydroxylation is 1. The maximum absolute atomic E-state index is 13.5. The second-order valence-electron chi connectivity index (χ2n) is 8.74. The molecule has 3 aromatic rings. The van der Waals surface area contributed by atoms with Gasteiger partial charge in [0, 0.05) is 19.0 Å². The van der Waals surface area contributed by atoms with Gasteiger partial charge >= 0.3 is 6.09 Å². The zero-order valence-corrected chi connectivity index (χ0v) is 20.3. The van der Waals surface area contributed by atoms with E-state index in [1.807, 2.05) is 37.3 Å². The van der Waals surface area contributed by atoms with E-state index in [-0.39, 0.29) is 42.3 Å². The number of amides is 1. The van der Waals surface area contributed by atoms with Gasteiger partial charge in [0.1, 0.15) is 12.4 Å². The number of piperidine rings is 1. The van der Waals surface area contributed by atoms with Crippen LogP contribution >= 0.6 is 0 Å². The Hall–Kier alpha value is -3.23. The molecule has 3 aromatic carbocycles. The monoisotopic (exact) mass is 497 g/mol. The lowest BCUT2D eigenvalue weighted by atomic mass is 9.81. The second kappa shape index (κ2) is 11.0. The van der Waals surface area contributed by atoms with Crippen LogP contribution in [0.2, 0.25) is 0 Å². The average Bonchev–Trinajstić information content (AvgIpc) is 2.87. The molecule has 0 radical (unpaired) electrons. The number of hydrogen-bond donors (Lipinski definition) is 0. The fourth-order valence-corrected chi connectivity index (χ4v) is 5.24. The van der Waals surface area contributed by atoms with Gasteiger partial charge in [-0.2, -0.15) is 8.42 Å². The van der Waals surface area contributed by atoms with Gasteiger partial charge in [-0.15, -0.1) is 0 Å². The summed E-state index contributed by atoms with van der Waals surface area (Å²) in [7, 11) is -3.97. The summed E-state index contributed by atoms with van der Waals surface area (Å²) in [5.41, 5.74) is 2.70. The third kappa shape index (κ3) is 6.46. The van der Waals surface area contributed by atoms with Gasteiger partial charge in [0.15, 0.2) is 0 Å². The van der Waals surface area contributed by atoms with Crippen molar-refractivity contribution >= 4 is 16.2 Å². The van der Waals surface area contributed by atoms with Crippen molar-refractivity contribution in [3.8, 4) is 0 Å². The third-order valence-corrected chi connectivity index (χ3v) is 7.54. The van der Waals surface area contributed by atoms with Gasteiger partial charge in [0.05, 0.1) is 11.5 Å². The Balaban J connectivity index is 1.47. The lowest BCUT2D eigenvalue weighted by Crippen LogP contribution is -2.45. The minimum Gasteiger partial charge on any atom is -0.445 e. The molecule has 0 N–H and O–H groups in total. The first kappa shape index (κ1) is 24.9. The fraction of sp³-hybridized carbons (Fsp3) is 0.296. The summed E-state index contributed by atoms with van der Waals surface area (Å²) in [6, 6.07) is 22.0. The zero-order valence-electron chi connectivity index (χ0n) is 19.5. The van der Waals surface area contributed by atoms with E-state index in [1.54, 1.807) is 29.2 Å². The standard InChI is InChI=1S/C27H28FNO5S/c1-20-7-13-25(14-8-20)35(31,32)34-19-23-17-29(27(30)33-18-21-5-3-2-4-6-21)16-15-26(23)22-9-11-24(28)12-10-22/h2-14,23,26H,15-19H2,1H3/t23-,26+/m0/s1. The van der Waals surface area contributed by atoms with Crippen LogP contribution in [0.4, 0.5) is 9.18 Å². The van der Waals surface area contributed by atoms with E-state index in [1.165, 1.54) is 24.3 Å². The minimum atomic E-state index is -3.97. The van der Waals surface area contributed by atoms with E-state index in [4.69, 9.17) is 8.92 Å². The molecule has 2 atom stereocenters. The number of carbonyl (C=O) groups is 1. The molecular weight excluding hydrogens is 469 g/mol. The number of carbonyl (C=O) groups excluding carboxylic acids is 1. The normalized spacial score (nSPS) is 18.3. The molecule has 184 valence electrons. The van der Waals surface area contributed by atoms with Crippen LogP contribution in [0.25, 0.3) is 0 Å². The largest absolute Gasteiger partial charge is 0.445 e. The van der Waals surface area contributed by atoms with Gasteiger partial charge in [-0.1, -0.05) is 60.2 Å². The topological polar surface area (TPSA) is 72.9 Å². The van der Waals surface area contributed by atoms with E-state index in [9.17, 15) is 17.6 Å². The van der Waals surface area contributed by atoms with Crippen LogP contribution in [0.1, 0.15) is 29.0 Å². The van der Waals surface area contributed by atoms with Gasteiger partial charge in [0.2, 0.25) is 0 Å². The van der Waals surface area contributed by atoms with Crippen LogP contribution in [0.5, 0.6) is 0 Å². The van der Waals surface area contributed by atoms with Crippen molar-refractivity contribution < 1.29 is 26.5 Å². The summed E-state index contributed by atoms with van der Waals surface area (Å²) >= 11 is 0. The number of nitrogens with zero attached hydrogens (tertiary/aromatic N) is 1. The SMILES string of the molecule is Cc1ccc(S(=O)(=O)OC[C@@H]2CN(C(=O)OCc3ccccc3)CC[C@@H]2c2ccc(F)cc2)cc1. The van der Waals surface area contributed by atoms with Crippen LogP contribution < -0.4 is 0 Å². The zero-order chi connectivity index (χ0) is 24.8. The van der Waals surface area contributed by atoms with Gasteiger partial charge in [0.25, 0.3) is 10.1 Å². The van der Waals surface area contributed by atoms with E-state index >= 15 is 0 Å². The van der Waals surface area contributed by atoms with Crippen molar-refractivity contribution in [2.24, 2.45) is 5.92 Å². The van der Waals surface area contributed by atoms with Crippen molar-refractivity contribution in [3.05, 3.63) is 101 Å². The van der Waals surface area contributed by atoms with Gasteiger partial charge in [-0.05, 0) is 54.7 Å². The molecule has 1 aliphatic heterocycles. The van der Waals surface area contributed by atoms with Crippen molar-refractivity contribution in [2.75, 3.05) is 19.7 Å². The summed E-state index contributed by atoms with van der Waals surface area (Å²) in [5, 5.41) is 0. The van der Waals surface area contributed by atoms with Crippen molar-refractivity contribution in [1.29, 1.82) is 0 Å². The molecule has 6 nitrogen and oxygen atoms in total. The molecule has 8 heteroatoms. The molecule has 0 bridgehead atoms. The summed E-state index contributed by atoms with van der Waals surface area (Å²) in [4.78, 5) is 14.4. The number of ether oxygens (including phenoxy) is 1. The molecule has 0 unspecified atom stereocenters. The Morgan fingerprint density at radius 3 is 2.37 bits per heavy atom. The van der Waals surface area contributed by atoms with Gasteiger partial charge < -0.3 is 9.64 Å². The molecular formula is C27H28FNO5S. The predicted octanol–water partition coefficient (Wildman–Crippen LogP) is 5.28. The second-order valence-corrected chi connectivity index (χ2v) is 10.4. The lowest BCUT2D eigenvalue weighted by Gasteiger charge is -2.38. The van der Waals surface area contributed by atoms with Crippen molar-refractivity contribution in [3.63, 3.8) is 0 Å². The highest BCUT2D eigenvalue weighted by Gasteiger charge is 2.34. The van der Waals surface area contributed by atoms with E-state index < -0.39 is 16.2 Å². The van der Waals surface area contributed by atoms with Crippen molar-refractivity contribution in [2.45, 2.75) is 30.8 Å². The first-order chi connectivity index (χ1) is 16.8. The molecule has 35 heavy (non-hydrogen) atoms. The number of rotatable bonds is 7. The third-order valence-electron chi connectivity index (χ3n) is 6.24. The minimum absolute atomic E-state index is 0.0800. The first-order valence-corrected chi connectivity index (χ1v) is 12.9. The van der Waals surface area contributed by atoms with Gasteiger partial charge in [-0.25, -0.2) is 9.18 Å². The first-order valence-electron chi connectivity index (χ1n) is 11.5. The maximum Gasteiger partial charge on any atom is 0.410 e. The molecule has 1 aliphatic rings. The van der Waals surface area contributed by atoms with E-state index in [2.05, 4.69) is 0 Å². The number of hydrogen-bond acceptors (Lipinski definition) is 5. The molecule has 1 amide bonds.